The number of rotatable bonds is 4. The molecule has 1 fully saturated rings. The molecule has 0 bridgehead atoms. The maximum atomic E-state index is 6.12. The average Bonchev–Trinajstić information content (AvgIpc) is 2.34. The van der Waals surface area contributed by atoms with Gasteiger partial charge in [-0.15, -0.1) is 0 Å². The lowest BCUT2D eigenvalue weighted by molar-refractivity contribution is 0.158. The molecule has 0 aliphatic carbocycles. The number of hydrogen-bond acceptors (Lipinski definition) is 3. The lowest BCUT2D eigenvalue weighted by Gasteiger charge is -2.32. The second-order valence-electron chi connectivity index (χ2n) is 4.82. The summed E-state index contributed by atoms with van der Waals surface area (Å²) in [5.74, 6) is 0. The van der Waals surface area contributed by atoms with E-state index >= 15 is 0 Å². The Labute approximate surface area is 129 Å². The van der Waals surface area contributed by atoms with E-state index in [1.165, 1.54) is 0 Å². The predicted octanol–water partition coefficient (Wildman–Crippen LogP) is 3.31. The summed E-state index contributed by atoms with van der Waals surface area (Å²) < 4.78 is 0. The van der Waals surface area contributed by atoms with Gasteiger partial charge < -0.3 is 10.2 Å². The minimum atomic E-state index is 0.555. The van der Waals surface area contributed by atoms with Gasteiger partial charge in [0.2, 0.25) is 0 Å². The van der Waals surface area contributed by atoms with Crippen LogP contribution in [0.25, 0.3) is 0 Å². The highest BCUT2D eigenvalue weighted by Crippen LogP contribution is 2.33. The zero-order valence-electron chi connectivity index (χ0n) is 10.9. The van der Waals surface area contributed by atoms with Gasteiger partial charge in [-0.1, -0.05) is 34.8 Å². The van der Waals surface area contributed by atoms with Crippen molar-refractivity contribution in [2.45, 2.75) is 0 Å². The van der Waals surface area contributed by atoms with Crippen molar-refractivity contribution in [2.75, 3.05) is 51.6 Å². The molecule has 0 unspecified atom stereocenters. The van der Waals surface area contributed by atoms with Gasteiger partial charge in [-0.2, -0.15) is 0 Å². The maximum Gasteiger partial charge on any atom is 0.0720 e. The van der Waals surface area contributed by atoms with Crippen LogP contribution in [0.5, 0.6) is 0 Å². The Kier molecular flexibility index (Phi) is 5.60. The molecular weight excluding hydrogens is 305 g/mol. The number of nitrogens with one attached hydrogen (secondary N) is 1. The summed E-state index contributed by atoms with van der Waals surface area (Å²) in [6.45, 7) is 6.29. The van der Waals surface area contributed by atoms with E-state index in [-0.39, 0.29) is 0 Å². The van der Waals surface area contributed by atoms with Gasteiger partial charge in [-0.05, 0) is 19.2 Å². The summed E-state index contributed by atoms with van der Waals surface area (Å²) in [4.78, 5) is 4.78. The van der Waals surface area contributed by atoms with Crippen LogP contribution in [0.1, 0.15) is 0 Å². The van der Waals surface area contributed by atoms with Gasteiger partial charge in [-0.3, -0.25) is 4.90 Å². The molecule has 3 nitrogen and oxygen atoms in total. The largest absolute Gasteiger partial charge is 0.381 e. The van der Waals surface area contributed by atoms with Crippen molar-refractivity contribution < 1.29 is 0 Å². The Bertz CT molecular complexity index is 408. The zero-order valence-corrected chi connectivity index (χ0v) is 13.2. The first-order chi connectivity index (χ1) is 9.06. The highest BCUT2D eigenvalue weighted by Gasteiger charge is 2.13. The zero-order chi connectivity index (χ0) is 13.8. The molecule has 106 valence electrons. The Balaban J connectivity index is 1.83. The quantitative estimate of drug-likeness (QED) is 0.917. The van der Waals surface area contributed by atoms with E-state index in [2.05, 4.69) is 22.2 Å². The smallest absolute Gasteiger partial charge is 0.0720 e. The third-order valence-corrected chi connectivity index (χ3v) is 4.15. The number of nitrogens with zero attached hydrogens (tertiary/aromatic N) is 2. The van der Waals surface area contributed by atoms with Crippen LogP contribution in [0.15, 0.2) is 12.1 Å². The van der Waals surface area contributed by atoms with Crippen LogP contribution in [-0.2, 0) is 0 Å². The fourth-order valence-corrected chi connectivity index (χ4v) is 3.07. The minimum Gasteiger partial charge on any atom is -0.381 e. The third-order valence-electron chi connectivity index (χ3n) is 3.33. The van der Waals surface area contributed by atoms with Crippen LogP contribution in [0, 0.1) is 0 Å². The van der Waals surface area contributed by atoms with E-state index in [1.807, 2.05) is 0 Å². The molecule has 2 rings (SSSR count). The minimum absolute atomic E-state index is 0.555. The van der Waals surface area contributed by atoms with E-state index in [1.54, 1.807) is 12.1 Å². The van der Waals surface area contributed by atoms with Crippen LogP contribution >= 0.6 is 34.8 Å². The van der Waals surface area contributed by atoms with Crippen LogP contribution in [0.4, 0.5) is 5.69 Å². The molecule has 1 N–H and O–H groups in total. The SMILES string of the molecule is CN1CCN(CCNc2c(Cl)cc(Cl)cc2Cl)CC1. The van der Waals surface area contributed by atoms with Gasteiger partial charge in [0.25, 0.3) is 0 Å². The van der Waals surface area contributed by atoms with Crippen LogP contribution in [0.3, 0.4) is 0 Å². The fraction of sp³-hybridized carbons (Fsp3) is 0.538. The van der Waals surface area contributed by atoms with Crippen LogP contribution in [0.2, 0.25) is 15.1 Å². The standard InChI is InChI=1S/C13H18Cl3N3/c1-18-4-6-19(7-5-18)3-2-17-13-11(15)8-10(14)9-12(13)16/h8-9,17H,2-7H2,1H3. The van der Waals surface area contributed by atoms with Crippen LogP contribution < -0.4 is 5.32 Å². The van der Waals surface area contributed by atoms with E-state index in [0.717, 1.165) is 45.0 Å². The number of halogens is 3. The summed E-state index contributed by atoms with van der Waals surface area (Å²) in [6.07, 6.45) is 0. The molecule has 0 radical (unpaired) electrons. The Morgan fingerprint density at radius 2 is 1.63 bits per heavy atom. The molecule has 6 heteroatoms. The van der Waals surface area contributed by atoms with Crippen molar-refractivity contribution >= 4 is 40.5 Å². The fourth-order valence-electron chi connectivity index (χ4n) is 2.12. The topological polar surface area (TPSA) is 18.5 Å². The number of likely N-dealkylation sites (N-methyl/N-ethyl adjacent to an activating group) is 1. The van der Waals surface area contributed by atoms with Gasteiger partial charge in [-0.25, -0.2) is 0 Å². The van der Waals surface area contributed by atoms with Crippen molar-refractivity contribution in [1.82, 2.24) is 9.80 Å². The van der Waals surface area contributed by atoms with Gasteiger partial charge >= 0.3 is 0 Å². The molecule has 1 aliphatic heterocycles. The summed E-state index contributed by atoms with van der Waals surface area (Å²) in [6, 6.07) is 3.40. The summed E-state index contributed by atoms with van der Waals surface area (Å²) in [7, 11) is 2.16. The Hall–Kier alpha value is -0.190. The lowest BCUT2D eigenvalue weighted by atomic mass is 10.3. The summed E-state index contributed by atoms with van der Waals surface area (Å²) in [5.41, 5.74) is 0.766. The lowest BCUT2D eigenvalue weighted by Crippen LogP contribution is -2.45. The number of hydrogen-bond donors (Lipinski definition) is 1. The molecular formula is C13H18Cl3N3. The molecule has 0 aromatic heterocycles. The summed E-state index contributed by atoms with van der Waals surface area (Å²) >= 11 is 18.1. The highest BCUT2D eigenvalue weighted by atomic mass is 35.5. The van der Waals surface area contributed by atoms with Crippen LogP contribution in [-0.4, -0.2) is 56.1 Å². The normalized spacial score (nSPS) is 17.7. The molecule has 1 heterocycles. The maximum absolute atomic E-state index is 6.12. The monoisotopic (exact) mass is 321 g/mol. The predicted molar refractivity (Wildman–Crippen MR) is 83.9 cm³/mol. The van der Waals surface area contributed by atoms with Gasteiger partial charge in [0.1, 0.15) is 0 Å². The Morgan fingerprint density at radius 3 is 2.21 bits per heavy atom. The molecule has 1 saturated heterocycles. The number of anilines is 1. The first kappa shape index (κ1) is 15.2. The molecule has 0 spiro atoms. The molecule has 1 aromatic carbocycles. The third kappa shape index (κ3) is 4.40. The second-order valence-corrected chi connectivity index (χ2v) is 6.07. The van der Waals surface area contributed by atoms with Gasteiger partial charge in [0.05, 0.1) is 15.7 Å². The number of piperazine rings is 1. The van der Waals surface area contributed by atoms with E-state index in [9.17, 15) is 0 Å². The van der Waals surface area contributed by atoms with E-state index in [0.29, 0.717) is 15.1 Å². The molecule has 0 saturated carbocycles. The Morgan fingerprint density at radius 1 is 1.05 bits per heavy atom. The van der Waals surface area contributed by atoms with Crippen molar-refractivity contribution in [2.24, 2.45) is 0 Å². The van der Waals surface area contributed by atoms with Gasteiger partial charge in [0.15, 0.2) is 0 Å². The van der Waals surface area contributed by atoms with Crippen molar-refractivity contribution in [3.8, 4) is 0 Å². The van der Waals surface area contributed by atoms with E-state index < -0.39 is 0 Å². The summed E-state index contributed by atoms with van der Waals surface area (Å²) in [5, 5.41) is 4.98. The molecule has 1 aliphatic rings. The molecule has 19 heavy (non-hydrogen) atoms. The van der Waals surface area contributed by atoms with Crippen molar-refractivity contribution in [1.29, 1.82) is 0 Å². The molecule has 0 atom stereocenters. The van der Waals surface area contributed by atoms with Crippen molar-refractivity contribution in [3.05, 3.63) is 27.2 Å². The van der Waals surface area contributed by atoms with Gasteiger partial charge in [0, 0.05) is 44.3 Å². The molecule has 1 aromatic rings. The first-order valence-electron chi connectivity index (χ1n) is 6.35. The first-order valence-corrected chi connectivity index (χ1v) is 7.49. The second kappa shape index (κ2) is 7.00. The molecule has 0 amide bonds. The van der Waals surface area contributed by atoms with Crippen molar-refractivity contribution in [3.63, 3.8) is 0 Å². The number of benzene rings is 1. The average molecular weight is 323 g/mol. The van der Waals surface area contributed by atoms with E-state index in [4.69, 9.17) is 34.8 Å². The highest BCUT2D eigenvalue weighted by molar-refractivity contribution is 6.41.